The molecule has 0 radical (unpaired) electrons. The Kier molecular flexibility index (Phi) is 4.66. The summed E-state index contributed by atoms with van der Waals surface area (Å²) in [5.74, 6) is -1.24. The summed E-state index contributed by atoms with van der Waals surface area (Å²) in [5, 5.41) is 9.54. The van der Waals surface area contributed by atoms with Crippen molar-refractivity contribution < 1.29 is 23.0 Å². The van der Waals surface area contributed by atoms with Gasteiger partial charge < -0.3 is 9.84 Å². The third-order valence-electron chi connectivity index (χ3n) is 3.10. The van der Waals surface area contributed by atoms with Crippen molar-refractivity contribution in [3.05, 3.63) is 29.6 Å². The van der Waals surface area contributed by atoms with Gasteiger partial charge >= 0.3 is 6.61 Å². The molecule has 1 saturated heterocycles. The number of aliphatic hydroxyl groups excluding tert-OH is 1. The zero-order valence-corrected chi connectivity index (χ0v) is 10.4. The summed E-state index contributed by atoms with van der Waals surface area (Å²) in [4.78, 5) is 2.01. The molecule has 1 aromatic rings. The van der Waals surface area contributed by atoms with Crippen molar-refractivity contribution in [2.45, 2.75) is 32.1 Å². The van der Waals surface area contributed by atoms with Gasteiger partial charge in [0.1, 0.15) is 0 Å². The number of rotatable bonds is 4. The standard InChI is InChI=1S/C13H16F3NO2/c14-11-6-9(3-4-12(11)19-13(15)16)7-17-5-1-2-10(18)8-17/h3-4,6,10,13,18H,1-2,5,7-8H2. The predicted molar refractivity (Wildman–Crippen MR) is 63.5 cm³/mol. The molecule has 3 nitrogen and oxygen atoms in total. The average molecular weight is 275 g/mol. The summed E-state index contributed by atoms with van der Waals surface area (Å²) in [6.45, 7) is -1.15. The van der Waals surface area contributed by atoms with Crippen molar-refractivity contribution in [2.24, 2.45) is 0 Å². The van der Waals surface area contributed by atoms with Crippen molar-refractivity contribution in [1.82, 2.24) is 4.90 Å². The summed E-state index contributed by atoms with van der Waals surface area (Å²) < 4.78 is 41.5. The lowest BCUT2D eigenvalue weighted by Gasteiger charge is -2.30. The van der Waals surface area contributed by atoms with E-state index in [1.165, 1.54) is 12.1 Å². The quantitative estimate of drug-likeness (QED) is 0.915. The van der Waals surface area contributed by atoms with Crippen LogP contribution in [-0.2, 0) is 6.54 Å². The second kappa shape index (κ2) is 6.25. The van der Waals surface area contributed by atoms with Crippen LogP contribution < -0.4 is 4.74 Å². The van der Waals surface area contributed by atoms with Gasteiger partial charge in [0, 0.05) is 13.1 Å². The minimum Gasteiger partial charge on any atom is -0.432 e. The fraction of sp³-hybridized carbons (Fsp3) is 0.538. The Hall–Kier alpha value is -1.27. The number of alkyl halides is 2. The number of halogens is 3. The summed E-state index contributed by atoms with van der Waals surface area (Å²) in [6.07, 6.45) is 1.34. The van der Waals surface area contributed by atoms with Gasteiger partial charge in [0.2, 0.25) is 0 Å². The fourth-order valence-electron chi connectivity index (χ4n) is 2.27. The highest BCUT2D eigenvalue weighted by Gasteiger charge is 2.18. The third-order valence-corrected chi connectivity index (χ3v) is 3.10. The molecular formula is C13H16F3NO2. The average Bonchev–Trinajstić information content (AvgIpc) is 2.32. The van der Waals surface area contributed by atoms with E-state index in [1.807, 2.05) is 4.90 Å². The van der Waals surface area contributed by atoms with Crippen LogP contribution in [0, 0.1) is 5.82 Å². The number of aliphatic hydroxyl groups is 1. The van der Waals surface area contributed by atoms with Gasteiger partial charge in [-0.1, -0.05) is 6.07 Å². The number of benzene rings is 1. The van der Waals surface area contributed by atoms with Gasteiger partial charge in [0.25, 0.3) is 0 Å². The van der Waals surface area contributed by atoms with Crippen molar-refractivity contribution in [1.29, 1.82) is 0 Å². The molecule has 1 aromatic carbocycles. The maximum Gasteiger partial charge on any atom is 0.387 e. The molecule has 2 rings (SSSR count). The first kappa shape index (κ1) is 14.1. The van der Waals surface area contributed by atoms with E-state index in [2.05, 4.69) is 4.74 Å². The van der Waals surface area contributed by atoms with Crippen LogP contribution in [0.4, 0.5) is 13.2 Å². The molecule has 0 bridgehead atoms. The number of ether oxygens (including phenoxy) is 1. The fourth-order valence-corrected chi connectivity index (χ4v) is 2.27. The Bertz CT molecular complexity index is 428. The van der Waals surface area contributed by atoms with Crippen LogP contribution in [0.25, 0.3) is 0 Å². The van der Waals surface area contributed by atoms with Crippen LogP contribution in [-0.4, -0.2) is 35.8 Å². The Morgan fingerprint density at radius 1 is 1.42 bits per heavy atom. The van der Waals surface area contributed by atoms with Gasteiger partial charge in [-0.05, 0) is 37.1 Å². The molecule has 106 valence electrons. The zero-order chi connectivity index (χ0) is 13.8. The molecule has 1 atom stereocenters. The van der Waals surface area contributed by atoms with Gasteiger partial charge in [0.05, 0.1) is 6.10 Å². The molecule has 0 aromatic heterocycles. The van der Waals surface area contributed by atoms with Gasteiger partial charge in [-0.25, -0.2) is 4.39 Å². The first-order valence-electron chi connectivity index (χ1n) is 6.18. The lowest BCUT2D eigenvalue weighted by atomic mass is 10.1. The second-order valence-electron chi connectivity index (χ2n) is 4.67. The van der Waals surface area contributed by atoms with E-state index in [1.54, 1.807) is 6.07 Å². The molecule has 1 aliphatic rings. The van der Waals surface area contributed by atoms with E-state index in [-0.39, 0.29) is 6.10 Å². The molecule has 0 saturated carbocycles. The number of hydrogen-bond acceptors (Lipinski definition) is 3. The Morgan fingerprint density at radius 3 is 2.84 bits per heavy atom. The molecule has 1 heterocycles. The van der Waals surface area contributed by atoms with Gasteiger partial charge in [-0.3, -0.25) is 4.90 Å². The summed E-state index contributed by atoms with van der Waals surface area (Å²) in [7, 11) is 0. The Balaban J connectivity index is 1.99. The smallest absolute Gasteiger partial charge is 0.387 e. The number of β-amino-alcohol motifs (C(OH)–C–C–N with tert-alkyl or cyclic N) is 1. The molecule has 1 unspecified atom stereocenters. The molecule has 1 fully saturated rings. The summed E-state index contributed by atoms with van der Waals surface area (Å²) in [6, 6.07) is 3.96. The van der Waals surface area contributed by atoms with Crippen molar-refractivity contribution in [3.8, 4) is 5.75 Å². The normalized spacial score (nSPS) is 20.8. The second-order valence-corrected chi connectivity index (χ2v) is 4.67. The molecule has 6 heteroatoms. The molecule has 1 N–H and O–H groups in total. The highest BCUT2D eigenvalue weighted by molar-refractivity contribution is 5.29. The molecule has 19 heavy (non-hydrogen) atoms. The molecule has 0 spiro atoms. The van der Waals surface area contributed by atoms with E-state index >= 15 is 0 Å². The maximum atomic E-state index is 13.5. The van der Waals surface area contributed by atoms with Crippen molar-refractivity contribution in [2.75, 3.05) is 13.1 Å². The lowest BCUT2D eigenvalue weighted by Crippen LogP contribution is -2.37. The monoisotopic (exact) mass is 275 g/mol. The molecule has 0 amide bonds. The van der Waals surface area contributed by atoms with Crippen LogP contribution in [0.15, 0.2) is 18.2 Å². The van der Waals surface area contributed by atoms with Gasteiger partial charge in [0.15, 0.2) is 11.6 Å². The van der Waals surface area contributed by atoms with E-state index in [0.29, 0.717) is 18.7 Å². The Labute approximate surface area is 109 Å². The van der Waals surface area contributed by atoms with Crippen LogP contribution in [0.3, 0.4) is 0 Å². The minimum atomic E-state index is -3.03. The minimum absolute atomic E-state index is 0.347. The first-order valence-corrected chi connectivity index (χ1v) is 6.18. The highest BCUT2D eigenvalue weighted by atomic mass is 19.3. The maximum absolute atomic E-state index is 13.5. The third kappa shape index (κ3) is 4.11. The molecule has 1 aliphatic heterocycles. The van der Waals surface area contributed by atoms with E-state index in [9.17, 15) is 18.3 Å². The zero-order valence-electron chi connectivity index (χ0n) is 10.4. The lowest BCUT2D eigenvalue weighted by molar-refractivity contribution is -0.0522. The number of likely N-dealkylation sites (tertiary alicyclic amines) is 1. The van der Waals surface area contributed by atoms with Crippen LogP contribution in [0.5, 0.6) is 5.75 Å². The largest absolute Gasteiger partial charge is 0.432 e. The van der Waals surface area contributed by atoms with Crippen LogP contribution in [0.2, 0.25) is 0 Å². The van der Waals surface area contributed by atoms with E-state index in [4.69, 9.17) is 0 Å². The van der Waals surface area contributed by atoms with Crippen LogP contribution in [0.1, 0.15) is 18.4 Å². The summed E-state index contributed by atoms with van der Waals surface area (Å²) in [5.41, 5.74) is 0.674. The Morgan fingerprint density at radius 2 is 2.21 bits per heavy atom. The predicted octanol–water partition coefficient (Wildman–Crippen LogP) is 2.38. The van der Waals surface area contributed by atoms with E-state index in [0.717, 1.165) is 19.4 Å². The molecule has 0 aliphatic carbocycles. The number of piperidine rings is 1. The van der Waals surface area contributed by atoms with E-state index < -0.39 is 18.2 Å². The topological polar surface area (TPSA) is 32.7 Å². The summed E-state index contributed by atoms with van der Waals surface area (Å²) >= 11 is 0. The number of hydrogen-bond donors (Lipinski definition) is 1. The van der Waals surface area contributed by atoms with Crippen molar-refractivity contribution in [3.63, 3.8) is 0 Å². The highest BCUT2D eigenvalue weighted by Crippen LogP contribution is 2.22. The molecular weight excluding hydrogens is 259 g/mol. The van der Waals surface area contributed by atoms with Crippen molar-refractivity contribution >= 4 is 0 Å². The van der Waals surface area contributed by atoms with Crippen LogP contribution >= 0.6 is 0 Å². The SMILES string of the molecule is OC1CCCN(Cc2ccc(OC(F)F)c(F)c2)C1. The number of nitrogens with zero attached hydrogens (tertiary/aromatic N) is 1. The first-order chi connectivity index (χ1) is 9.04. The van der Waals surface area contributed by atoms with Gasteiger partial charge in [-0.2, -0.15) is 8.78 Å². The van der Waals surface area contributed by atoms with Gasteiger partial charge in [-0.15, -0.1) is 0 Å².